The molecule has 0 N–H and O–H groups in total. The van der Waals surface area contributed by atoms with Crippen molar-refractivity contribution < 1.29 is 4.57 Å². The molecule has 2 aliphatic heterocycles. The maximum absolute atomic E-state index is 15.7. The second-order valence-corrected chi connectivity index (χ2v) is 12.4. The smallest absolute Gasteiger partial charge is 0.179 e. The molecular weight excluding hydrogens is 471 g/mol. The Hall–Kier alpha value is -4.33. The zero-order valence-electron chi connectivity index (χ0n) is 20.3. The van der Waals surface area contributed by atoms with Gasteiger partial charge in [-0.05, 0) is 55.0 Å². The van der Waals surface area contributed by atoms with Crippen LogP contribution in [0.5, 0.6) is 0 Å². The lowest BCUT2D eigenvalue weighted by atomic mass is 10.0. The van der Waals surface area contributed by atoms with Crippen LogP contribution >= 0.6 is 7.14 Å². The number of benzene rings is 5. The molecule has 1 unspecified atom stereocenters. The van der Waals surface area contributed by atoms with Crippen molar-refractivity contribution in [1.82, 2.24) is 4.57 Å². The Morgan fingerprint density at radius 2 is 1.22 bits per heavy atom. The number of hydrogen-bond acceptors (Lipinski definition) is 2. The second-order valence-electron chi connectivity index (χ2n) is 9.75. The van der Waals surface area contributed by atoms with Crippen molar-refractivity contribution in [1.29, 1.82) is 0 Å². The van der Waals surface area contributed by atoms with E-state index in [9.17, 15) is 0 Å². The first kappa shape index (κ1) is 20.8. The Balaban J connectivity index is 1.57. The van der Waals surface area contributed by atoms with Crippen molar-refractivity contribution in [2.75, 3.05) is 4.90 Å². The maximum Gasteiger partial charge on any atom is 0.179 e. The molecule has 0 fully saturated rings. The summed E-state index contributed by atoms with van der Waals surface area (Å²) in [6.07, 6.45) is 0. The van der Waals surface area contributed by atoms with Crippen LogP contribution in [0.4, 0.5) is 17.1 Å². The standard InChI is InChI=1S/C33H23N2OP/c1-22-31(23-12-4-2-5-13-23)25-16-10-21-30-32(25)34(22)27-18-11-19-28-33(27)37(30,36)29-20-9-8-17-26(29)35(28)24-14-6-3-7-15-24/h2-21H,1H3. The summed E-state index contributed by atoms with van der Waals surface area (Å²) in [6, 6.07) is 41.9. The van der Waals surface area contributed by atoms with Gasteiger partial charge < -0.3 is 14.0 Å². The molecule has 3 heterocycles. The van der Waals surface area contributed by atoms with Crippen LogP contribution in [-0.4, -0.2) is 4.57 Å². The minimum atomic E-state index is -3.15. The van der Waals surface area contributed by atoms with Crippen molar-refractivity contribution in [2.24, 2.45) is 0 Å². The van der Waals surface area contributed by atoms with Gasteiger partial charge in [0.25, 0.3) is 0 Å². The molecule has 0 amide bonds. The Bertz CT molecular complexity index is 1920. The molecule has 0 radical (unpaired) electrons. The van der Waals surface area contributed by atoms with Gasteiger partial charge in [0.05, 0.1) is 27.9 Å². The van der Waals surface area contributed by atoms with Crippen LogP contribution in [0.1, 0.15) is 5.69 Å². The van der Waals surface area contributed by atoms with Gasteiger partial charge in [-0.3, -0.25) is 0 Å². The van der Waals surface area contributed by atoms with E-state index in [4.69, 9.17) is 0 Å². The Morgan fingerprint density at radius 3 is 2.03 bits per heavy atom. The number of hydrogen-bond donors (Lipinski definition) is 0. The molecule has 2 aliphatic rings. The predicted molar refractivity (Wildman–Crippen MR) is 155 cm³/mol. The van der Waals surface area contributed by atoms with E-state index in [2.05, 4.69) is 120 Å². The van der Waals surface area contributed by atoms with Crippen molar-refractivity contribution in [3.63, 3.8) is 0 Å². The molecule has 3 nitrogen and oxygen atoms in total. The summed E-state index contributed by atoms with van der Waals surface area (Å²) >= 11 is 0. The van der Waals surface area contributed by atoms with E-state index in [1.54, 1.807) is 0 Å². The highest BCUT2D eigenvalue weighted by atomic mass is 31.2. The van der Waals surface area contributed by atoms with E-state index in [1.807, 2.05) is 18.2 Å². The fraction of sp³-hybridized carbons (Fsp3) is 0.0303. The summed E-state index contributed by atoms with van der Waals surface area (Å²) in [7, 11) is -3.15. The van der Waals surface area contributed by atoms with Gasteiger partial charge in [0.1, 0.15) is 0 Å². The van der Waals surface area contributed by atoms with Crippen molar-refractivity contribution in [2.45, 2.75) is 6.92 Å². The predicted octanol–water partition coefficient (Wildman–Crippen LogP) is 7.34. The minimum Gasteiger partial charge on any atom is -0.312 e. The van der Waals surface area contributed by atoms with E-state index in [0.717, 1.165) is 49.6 Å². The van der Waals surface area contributed by atoms with Gasteiger partial charge in [-0.1, -0.05) is 78.9 Å². The molecule has 8 rings (SSSR count). The Labute approximate surface area is 215 Å². The van der Waals surface area contributed by atoms with Gasteiger partial charge in [0.2, 0.25) is 0 Å². The number of rotatable bonds is 2. The molecule has 6 aromatic rings. The van der Waals surface area contributed by atoms with Crippen LogP contribution in [0, 0.1) is 6.92 Å². The fourth-order valence-corrected chi connectivity index (χ4v) is 9.79. The lowest BCUT2D eigenvalue weighted by molar-refractivity contribution is 0.592. The fourth-order valence-electron chi connectivity index (χ4n) is 6.45. The normalized spacial score (nSPS) is 16.9. The van der Waals surface area contributed by atoms with Gasteiger partial charge in [-0.2, -0.15) is 0 Å². The summed E-state index contributed by atoms with van der Waals surface area (Å²) in [5.41, 5.74) is 8.66. The summed E-state index contributed by atoms with van der Waals surface area (Å²) in [5, 5.41) is 3.90. The van der Waals surface area contributed by atoms with Gasteiger partial charge in [0, 0.05) is 32.9 Å². The first-order chi connectivity index (χ1) is 18.2. The highest BCUT2D eigenvalue weighted by molar-refractivity contribution is 7.86. The van der Waals surface area contributed by atoms with Crippen LogP contribution < -0.4 is 20.8 Å². The van der Waals surface area contributed by atoms with Crippen molar-refractivity contribution in [3.8, 4) is 16.8 Å². The average Bonchev–Trinajstić information content (AvgIpc) is 3.25. The van der Waals surface area contributed by atoms with E-state index in [0.29, 0.717) is 0 Å². The third-order valence-corrected chi connectivity index (χ3v) is 11.1. The molecule has 1 atom stereocenters. The second kappa shape index (κ2) is 7.35. The largest absolute Gasteiger partial charge is 0.312 e. The lowest BCUT2D eigenvalue weighted by Gasteiger charge is -2.41. The molecule has 0 saturated heterocycles. The van der Waals surface area contributed by atoms with Gasteiger partial charge in [-0.25, -0.2) is 0 Å². The van der Waals surface area contributed by atoms with E-state index in [-0.39, 0.29) is 0 Å². The Morgan fingerprint density at radius 1 is 0.595 bits per heavy atom. The van der Waals surface area contributed by atoms with Gasteiger partial charge in [0.15, 0.2) is 7.14 Å². The van der Waals surface area contributed by atoms with Crippen molar-refractivity contribution >= 4 is 51.0 Å². The monoisotopic (exact) mass is 494 g/mol. The SMILES string of the molecule is Cc1c(-c2ccccc2)c2cccc3c2n1-c1cccc2c1P3(=O)c1ccccc1N2c1ccccc1. The zero-order chi connectivity index (χ0) is 24.7. The quantitative estimate of drug-likeness (QED) is 0.235. The summed E-state index contributed by atoms with van der Waals surface area (Å²) in [4.78, 5) is 2.27. The van der Waals surface area contributed by atoms with Crippen LogP contribution in [-0.2, 0) is 4.57 Å². The maximum atomic E-state index is 15.7. The number of para-hydroxylation sites is 3. The van der Waals surface area contributed by atoms with Gasteiger partial charge >= 0.3 is 0 Å². The minimum absolute atomic E-state index is 0.901. The molecule has 0 saturated carbocycles. The molecule has 5 aromatic carbocycles. The average molecular weight is 495 g/mol. The third-order valence-electron chi connectivity index (χ3n) is 7.87. The van der Waals surface area contributed by atoms with Crippen LogP contribution in [0.25, 0.3) is 27.7 Å². The molecule has 176 valence electrons. The summed E-state index contributed by atoms with van der Waals surface area (Å²) in [6.45, 7) is 2.19. The Kier molecular flexibility index (Phi) is 4.14. The molecule has 37 heavy (non-hydrogen) atoms. The van der Waals surface area contributed by atoms with E-state index in [1.165, 1.54) is 16.8 Å². The van der Waals surface area contributed by atoms with Crippen LogP contribution in [0.15, 0.2) is 121 Å². The number of nitrogens with zero attached hydrogens (tertiary/aromatic N) is 2. The lowest BCUT2D eigenvalue weighted by Crippen LogP contribution is -2.41. The molecule has 4 heteroatoms. The topological polar surface area (TPSA) is 25.2 Å². The first-order valence-corrected chi connectivity index (χ1v) is 14.3. The molecule has 1 aromatic heterocycles. The molecule has 0 bridgehead atoms. The highest BCUT2D eigenvalue weighted by Gasteiger charge is 2.47. The van der Waals surface area contributed by atoms with Crippen molar-refractivity contribution in [3.05, 3.63) is 127 Å². The summed E-state index contributed by atoms with van der Waals surface area (Å²) < 4.78 is 18.1. The molecule has 0 spiro atoms. The van der Waals surface area contributed by atoms with Gasteiger partial charge in [-0.15, -0.1) is 0 Å². The van der Waals surface area contributed by atoms with E-state index < -0.39 is 7.14 Å². The molecular formula is C33H23N2OP. The highest BCUT2D eigenvalue weighted by Crippen LogP contribution is 2.58. The first-order valence-electron chi connectivity index (χ1n) is 12.6. The third kappa shape index (κ3) is 2.54. The number of aromatic nitrogens is 1. The summed E-state index contributed by atoms with van der Waals surface area (Å²) in [5.74, 6) is 0. The number of fused-ring (bicyclic) bond motifs is 4. The van der Waals surface area contributed by atoms with Crippen LogP contribution in [0.3, 0.4) is 0 Å². The molecule has 0 aliphatic carbocycles. The zero-order valence-corrected chi connectivity index (χ0v) is 21.2. The van der Waals surface area contributed by atoms with E-state index >= 15 is 4.57 Å². The van der Waals surface area contributed by atoms with Crippen LogP contribution in [0.2, 0.25) is 0 Å². The number of anilines is 3.